The molecule has 0 atom stereocenters. The van der Waals surface area contributed by atoms with Crippen molar-refractivity contribution in [2.24, 2.45) is 0 Å². The molecule has 0 spiro atoms. The van der Waals surface area contributed by atoms with E-state index in [-0.39, 0.29) is 11.4 Å². The van der Waals surface area contributed by atoms with Gasteiger partial charge < -0.3 is 10.6 Å². The largest absolute Gasteiger partial charge is 0.350 e. The van der Waals surface area contributed by atoms with E-state index in [2.05, 4.69) is 41.8 Å². The molecule has 2 N–H and O–H groups in total. The van der Waals surface area contributed by atoms with Crippen LogP contribution in [0.25, 0.3) is 0 Å². The first-order chi connectivity index (χ1) is 7.87. The molecular weight excluding hydrogens is 212 g/mol. The van der Waals surface area contributed by atoms with Crippen LogP contribution in [0.3, 0.4) is 0 Å². The van der Waals surface area contributed by atoms with Crippen LogP contribution >= 0.6 is 0 Å². The van der Waals surface area contributed by atoms with E-state index in [4.69, 9.17) is 0 Å². The number of benzene rings is 1. The highest BCUT2D eigenvalue weighted by Gasteiger charge is 2.12. The molecule has 94 valence electrons. The van der Waals surface area contributed by atoms with Crippen LogP contribution in [0.5, 0.6) is 0 Å². The van der Waals surface area contributed by atoms with Crippen LogP contribution in [0.4, 0.5) is 0 Å². The summed E-state index contributed by atoms with van der Waals surface area (Å²) < 4.78 is 0. The molecule has 0 aliphatic carbocycles. The van der Waals surface area contributed by atoms with Gasteiger partial charge in [-0.2, -0.15) is 0 Å². The Morgan fingerprint density at radius 2 is 1.76 bits per heavy atom. The molecule has 0 aliphatic rings. The van der Waals surface area contributed by atoms with Crippen molar-refractivity contribution in [3.05, 3.63) is 35.4 Å². The van der Waals surface area contributed by atoms with Crippen molar-refractivity contribution in [2.75, 3.05) is 6.54 Å². The lowest BCUT2D eigenvalue weighted by molar-refractivity contribution is -0.121. The third-order valence-corrected chi connectivity index (χ3v) is 2.25. The van der Waals surface area contributed by atoms with Gasteiger partial charge in [-0.25, -0.2) is 0 Å². The highest BCUT2D eigenvalue weighted by molar-refractivity contribution is 5.78. The molecule has 0 aliphatic heterocycles. The van der Waals surface area contributed by atoms with Crippen molar-refractivity contribution in [2.45, 2.75) is 39.8 Å². The Balaban J connectivity index is 2.28. The van der Waals surface area contributed by atoms with E-state index in [0.717, 1.165) is 6.54 Å². The van der Waals surface area contributed by atoms with Gasteiger partial charge in [0.1, 0.15) is 0 Å². The fourth-order valence-electron chi connectivity index (χ4n) is 1.49. The van der Waals surface area contributed by atoms with Gasteiger partial charge in [0.15, 0.2) is 0 Å². The van der Waals surface area contributed by atoms with E-state index in [1.807, 2.05) is 20.8 Å². The van der Waals surface area contributed by atoms with Gasteiger partial charge in [-0.1, -0.05) is 29.8 Å². The molecular formula is C14H22N2O. The summed E-state index contributed by atoms with van der Waals surface area (Å²) in [6.07, 6.45) is 0. The van der Waals surface area contributed by atoms with Crippen LogP contribution in [0.1, 0.15) is 31.9 Å². The molecule has 1 aromatic carbocycles. The molecule has 0 radical (unpaired) electrons. The first kappa shape index (κ1) is 13.7. The van der Waals surface area contributed by atoms with Crippen LogP contribution in [-0.4, -0.2) is 18.0 Å². The second-order valence-corrected chi connectivity index (χ2v) is 5.39. The highest BCUT2D eigenvalue weighted by atomic mass is 16.2. The maximum atomic E-state index is 11.5. The predicted molar refractivity (Wildman–Crippen MR) is 70.8 cm³/mol. The second kappa shape index (κ2) is 5.82. The van der Waals surface area contributed by atoms with Gasteiger partial charge >= 0.3 is 0 Å². The molecule has 0 saturated heterocycles. The van der Waals surface area contributed by atoms with E-state index >= 15 is 0 Å². The Morgan fingerprint density at radius 3 is 2.29 bits per heavy atom. The summed E-state index contributed by atoms with van der Waals surface area (Å²) in [5, 5.41) is 6.04. The Kier molecular flexibility index (Phi) is 4.70. The molecule has 0 saturated carbocycles. The molecule has 0 unspecified atom stereocenters. The molecule has 1 amide bonds. The number of nitrogens with one attached hydrogen (secondary N) is 2. The van der Waals surface area contributed by atoms with Gasteiger partial charge in [0.2, 0.25) is 5.91 Å². The lowest BCUT2D eigenvalue weighted by atomic mass is 10.1. The van der Waals surface area contributed by atoms with Gasteiger partial charge in [-0.05, 0) is 33.3 Å². The van der Waals surface area contributed by atoms with Gasteiger partial charge in [-0.15, -0.1) is 0 Å². The van der Waals surface area contributed by atoms with Crippen molar-refractivity contribution < 1.29 is 4.79 Å². The summed E-state index contributed by atoms with van der Waals surface area (Å²) in [4.78, 5) is 11.5. The maximum Gasteiger partial charge on any atom is 0.234 e. The molecule has 3 heteroatoms. The zero-order valence-corrected chi connectivity index (χ0v) is 11.1. The number of rotatable bonds is 4. The van der Waals surface area contributed by atoms with E-state index in [0.29, 0.717) is 6.54 Å². The van der Waals surface area contributed by atoms with Crippen molar-refractivity contribution in [3.63, 3.8) is 0 Å². The molecule has 3 nitrogen and oxygen atoms in total. The number of carbonyl (C=O) groups excluding carboxylic acids is 1. The summed E-state index contributed by atoms with van der Waals surface area (Å²) in [7, 11) is 0. The first-order valence-electron chi connectivity index (χ1n) is 5.94. The second-order valence-electron chi connectivity index (χ2n) is 5.39. The predicted octanol–water partition coefficient (Wildman–Crippen LogP) is 2.00. The summed E-state index contributed by atoms with van der Waals surface area (Å²) in [6, 6.07) is 8.30. The zero-order chi connectivity index (χ0) is 12.9. The summed E-state index contributed by atoms with van der Waals surface area (Å²) in [5.41, 5.74) is 2.28. The molecule has 0 fully saturated rings. The Hall–Kier alpha value is -1.35. The number of hydrogen-bond acceptors (Lipinski definition) is 2. The topological polar surface area (TPSA) is 41.1 Å². The number of aryl methyl sites for hydroxylation is 1. The maximum absolute atomic E-state index is 11.5. The Morgan fingerprint density at radius 1 is 1.18 bits per heavy atom. The van der Waals surface area contributed by atoms with E-state index < -0.39 is 0 Å². The number of hydrogen-bond donors (Lipinski definition) is 2. The summed E-state index contributed by atoms with van der Waals surface area (Å²) in [5.74, 6) is 0.0320. The monoisotopic (exact) mass is 234 g/mol. The van der Waals surface area contributed by atoms with Crippen molar-refractivity contribution >= 4 is 5.91 Å². The molecule has 0 aromatic heterocycles. The number of amides is 1. The zero-order valence-electron chi connectivity index (χ0n) is 11.1. The lowest BCUT2D eigenvalue weighted by Crippen LogP contribution is -2.44. The van der Waals surface area contributed by atoms with Crippen LogP contribution in [-0.2, 0) is 11.3 Å². The fraction of sp³-hybridized carbons (Fsp3) is 0.500. The van der Waals surface area contributed by atoms with Gasteiger partial charge in [0.05, 0.1) is 6.54 Å². The Labute approximate surface area is 104 Å². The average molecular weight is 234 g/mol. The smallest absolute Gasteiger partial charge is 0.234 e. The first-order valence-corrected chi connectivity index (χ1v) is 5.94. The fourth-order valence-corrected chi connectivity index (χ4v) is 1.49. The van der Waals surface area contributed by atoms with Crippen LogP contribution in [0, 0.1) is 6.92 Å². The minimum absolute atomic E-state index is 0.0320. The third-order valence-electron chi connectivity index (χ3n) is 2.25. The minimum Gasteiger partial charge on any atom is -0.350 e. The number of carbonyl (C=O) groups is 1. The highest BCUT2D eigenvalue weighted by Crippen LogP contribution is 2.02. The standard InChI is InChI=1S/C14H22N2O/c1-11-5-7-12(8-6-11)9-15-10-13(17)16-14(2,3)4/h5-8,15H,9-10H2,1-4H3,(H,16,17). The van der Waals surface area contributed by atoms with Crippen LogP contribution in [0.15, 0.2) is 24.3 Å². The van der Waals surface area contributed by atoms with E-state index in [1.54, 1.807) is 0 Å². The Bertz CT molecular complexity index is 363. The van der Waals surface area contributed by atoms with Crippen LogP contribution < -0.4 is 10.6 Å². The third kappa shape index (κ3) is 6.07. The average Bonchev–Trinajstić information content (AvgIpc) is 2.18. The SMILES string of the molecule is Cc1ccc(CNCC(=O)NC(C)(C)C)cc1. The molecule has 1 aromatic rings. The minimum atomic E-state index is -0.164. The van der Waals surface area contributed by atoms with Gasteiger partial charge in [0.25, 0.3) is 0 Å². The van der Waals surface area contributed by atoms with Gasteiger partial charge in [-0.3, -0.25) is 4.79 Å². The van der Waals surface area contributed by atoms with Crippen LogP contribution in [0.2, 0.25) is 0 Å². The lowest BCUT2D eigenvalue weighted by Gasteiger charge is -2.20. The van der Waals surface area contributed by atoms with E-state index in [9.17, 15) is 4.79 Å². The summed E-state index contributed by atoms with van der Waals surface area (Å²) >= 11 is 0. The van der Waals surface area contributed by atoms with Gasteiger partial charge in [0, 0.05) is 12.1 Å². The molecule has 0 heterocycles. The normalized spacial score (nSPS) is 11.3. The van der Waals surface area contributed by atoms with Crippen molar-refractivity contribution in [3.8, 4) is 0 Å². The van der Waals surface area contributed by atoms with Crippen molar-refractivity contribution in [1.29, 1.82) is 0 Å². The van der Waals surface area contributed by atoms with E-state index in [1.165, 1.54) is 11.1 Å². The van der Waals surface area contributed by atoms with Crippen molar-refractivity contribution in [1.82, 2.24) is 10.6 Å². The summed E-state index contributed by atoms with van der Waals surface area (Å²) in [6.45, 7) is 9.07. The quantitative estimate of drug-likeness (QED) is 0.836. The molecule has 17 heavy (non-hydrogen) atoms. The molecule has 1 rings (SSSR count). The molecule has 0 bridgehead atoms.